The van der Waals surface area contributed by atoms with Gasteiger partial charge in [0, 0.05) is 11.8 Å². The number of hydrogen-bond acceptors (Lipinski definition) is 3. The number of nitrogens with two attached hydrogens (primary N) is 1. The van der Waals surface area contributed by atoms with E-state index in [1.165, 1.54) is 10.7 Å². The van der Waals surface area contributed by atoms with E-state index >= 15 is 0 Å². The minimum absolute atomic E-state index is 0.289. The predicted octanol–water partition coefficient (Wildman–Crippen LogP) is 2.62. The Balaban J connectivity index is 2.58. The van der Waals surface area contributed by atoms with Gasteiger partial charge >= 0.3 is 0 Å². The van der Waals surface area contributed by atoms with E-state index in [-0.39, 0.29) is 5.41 Å². The molecule has 0 amide bonds. The lowest BCUT2D eigenvalue weighted by Crippen LogP contribution is -2.19. The molecule has 0 atom stereocenters. The van der Waals surface area contributed by atoms with Crippen molar-refractivity contribution in [1.82, 2.24) is 4.98 Å². The highest BCUT2D eigenvalue weighted by atomic mass is 32.1. The summed E-state index contributed by atoms with van der Waals surface area (Å²) >= 11 is 1.77. The lowest BCUT2D eigenvalue weighted by molar-refractivity contribution is 0.338. The topological polar surface area (TPSA) is 38.9 Å². The maximum atomic E-state index is 5.58. The molecule has 3 heteroatoms. The zero-order valence-electron chi connectivity index (χ0n) is 9.34. The third-order valence-electron chi connectivity index (χ3n) is 2.41. The molecule has 0 saturated heterocycles. The summed E-state index contributed by atoms with van der Waals surface area (Å²) in [6.45, 7) is 7.42. The first kappa shape index (κ1) is 11.7. The van der Waals surface area contributed by atoms with Crippen LogP contribution in [0.4, 0.5) is 0 Å². The van der Waals surface area contributed by atoms with Gasteiger partial charge in [0.2, 0.25) is 0 Å². The van der Waals surface area contributed by atoms with Gasteiger partial charge in [-0.05, 0) is 24.8 Å². The maximum absolute atomic E-state index is 5.58. The summed E-state index contributed by atoms with van der Waals surface area (Å²) in [6.07, 6.45) is 3.15. The molecule has 80 valence electrons. The van der Waals surface area contributed by atoms with Gasteiger partial charge in [0.15, 0.2) is 0 Å². The fourth-order valence-corrected chi connectivity index (χ4v) is 2.62. The highest BCUT2D eigenvalue weighted by Crippen LogP contribution is 2.26. The molecule has 0 aromatic carbocycles. The van der Waals surface area contributed by atoms with Crippen LogP contribution in [0.5, 0.6) is 0 Å². The molecular formula is C11H20N2S. The Hall–Kier alpha value is -0.410. The fourth-order valence-electron chi connectivity index (χ4n) is 1.48. The van der Waals surface area contributed by atoms with E-state index in [4.69, 9.17) is 5.73 Å². The summed E-state index contributed by atoms with van der Waals surface area (Å²) in [4.78, 5) is 4.57. The molecule has 0 bridgehead atoms. The number of hydrogen-bond donors (Lipinski definition) is 1. The van der Waals surface area contributed by atoms with Crippen LogP contribution in [0.25, 0.3) is 0 Å². The normalized spacial score (nSPS) is 12.0. The van der Waals surface area contributed by atoms with Gasteiger partial charge < -0.3 is 5.73 Å². The van der Waals surface area contributed by atoms with Crippen LogP contribution >= 0.6 is 11.3 Å². The molecule has 0 aliphatic heterocycles. The molecule has 0 radical (unpaired) electrons. The summed E-state index contributed by atoms with van der Waals surface area (Å²) in [6, 6.07) is 0. The molecule has 2 nitrogen and oxygen atoms in total. The molecule has 1 aromatic rings. The molecule has 0 saturated carbocycles. The summed E-state index contributed by atoms with van der Waals surface area (Å²) in [5, 5.41) is 3.41. The zero-order valence-corrected chi connectivity index (χ0v) is 10.2. The summed E-state index contributed by atoms with van der Waals surface area (Å²) in [5.74, 6) is 0. The van der Waals surface area contributed by atoms with Crippen molar-refractivity contribution in [2.24, 2.45) is 11.1 Å². The van der Waals surface area contributed by atoms with E-state index in [0.717, 1.165) is 25.8 Å². The Labute approximate surface area is 90.6 Å². The lowest BCUT2D eigenvalue weighted by Gasteiger charge is -2.22. The smallest absolute Gasteiger partial charge is 0.0933 e. The van der Waals surface area contributed by atoms with E-state index in [0.29, 0.717) is 0 Å². The maximum Gasteiger partial charge on any atom is 0.0933 e. The first-order valence-electron chi connectivity index (χ1n) is 5.21. The molecule has 0 fully saturated rings. The largest absolute Gasteiger partial charge is 0.330 e. The third kappa shape index (κ3) is 3.39. The van der Waals surface area contributed by atoms with Crippen LogP contribution in [0.3, 0.4) is 0 Å². The average molecular weight is 212 g/mol. The van der Waals surface area contributed by atoms with Crippen LogP contribution in [-0.2, 0) is 12.8 Å². The van der Waals surface area contributed by atoms with Gasteiger partial charge in [-0.3, -0.25) is 0 Å². The Kier molecular flexibility index (Phi) is 4.08. The molecule has 2 N–H and O–H groups in total. The van der Waals surface area contributed by atoms with Gasteiger partial charge in [-0.25, -0.2) is 4.98 Å². The van der Waals surface area contributed by atoms with Gasteiger partial charge in [-0.1, -0.05) is 20.8 Å². The van der Waals surface area contributed by atoms with Crippen molar-refractivity contribution in [2.75, 3.05) is 6.54 Å². The summed E-state index contributed by atoms with van der Waals surface area (Å²) in [5.41, 5.74) is 7.09. The van der Waals surface area contributed by atoms with Crippen molar-refractivity contribution >= 4 is 11.3 Å². The predicted molar refractivity (Wildman–Crippen MR) is 62.6 cm³/mol. The van der Waals surface area contributed by atoms with E-state index in [1.807, 2.05) is 0 Å². The minimum Gasteiger partial charge on any atom is -0.330 e. The fraction of sp³-hybridized carbons (Fsp3) is 0.727. The monoisotopic (exact) mass is 212 g/mol. The number of nitrogens with zero attached hydrogens (tertiary/aromatic N) is 1. The molecule has 0 unspecified atom stereocenters. The van der Waals surface area contributed by atoms with Crippen molar-refractivity contribution in [1.29, 1.82) is 0 Å². The van der Waals surface area contributed by atoms with Crippen molar-refractivity contribution in [3.63, 3.8) is 0 Å². The molecule has 1 rings (SSSR count). The SMILES string of the molecule is CCc1csc(CC(C)(C)CCN)n1. The van der Waals surface area contributed by atoms with Gasteiger partial charge in [0.25, 0.3) is 0 Å². The quantitative estimate of drug-likeness (QED) is 0.815. The zero-order chi connectivity index (χ0) is 10.6. The van der Waals surface area contributed by atoms with Crippen molar-refractivity contribution in [3.8, 4) is 0 Å². The van der Waals surface area contributed by atoms with E-state index in [9.17, 15) is 0 Å². The van der Waals surface area contributed by atoms with Gasteiger partial charge in [0.05, 0.1) is 10.7 Å². The highest BCUT2D eigenvalue weighted by Gasteiger charge is 2.19. The van der Waals surface area contributed by atoms with Crippen molar-refractivity contribution < 1.29 is 0 Å². The van der Waals surface area contributed by atoms with Crippen LogP contribution in [-0.4, -0.2) is 11.5 Å². The standard InChI is InChI=1S/C11H20N2S/c1-4-9-8-14-10(13-9)7-11(2,3)5-6-12/h8H,4-7,12H2,1-3H3. The molecular weight excluding hydrogens is 192 g/mol. The van der Waals surface area contributed by atoms with E-state index < -0.39 is 0 Å². The number of aromatic nitrogens is 1. The Morgan fingerprint density at radius 3 is 2.71 bits per heavy atom. The van der Waals surface area contributed by atoms with E-state index in [2.05, 4.69) is 31.1 Å². The second-order valence-electron chi connectivity index (χ2n) is 4.47. The van der Waals surface area contributed by atoms with Crippen molar-refractivity contribution in [3.05, 3.63) is 16.1 Å². The van der Waals surface area contributed by atoms with Gasteiger partial charge in [0.1, 0.15) is 0 Å². The third-order valence-corrected chi connectivity index (χ3v) is 3.31. The first-order valence-corrected chi connectivity index (χ1v) is 6.08. The van der Waals surface area contributed by atoms with Gasteiger partial charge in [-0.2, -0.15) is 0 Å². The number of rotatable bonds is 5. The first-order chi connectivity index (χ1) is 6.57. The van der Waals surface area contributed by atoms with Crippen molar-refractivity contribution in [2.45, 2.75) is 40.0 Å². The average Bonchev–Trinajstić information content (AvgIpc) is 2.51. The molecule has 0 aliphatic carbocycles. The highest BCUT2D eigenvalue weighted by molar-refractivity contribution is 7.09. The minimum atomic E-state index is 0.289. The molecule has 0 aliphatic rings. The molecule has 1 aromatic heterocycles. The van der Waals surface area contributed by atoms with Crippen LogP contribution < -0.4 is 5.73 Å². The Morgan fingerprint density at radius 2 is 2.21 bits per heavy atom. The number of aryl methyl sites for hydroxylation is 1. The molecule has 1 heterocycles. The van der Waals surface area contributed by atoms with Crippen LogP contribution in [0, 0.1) is 5.41 Å². The Morgan fingerprint density at radius 1 is 1.50 bits per heavy atom. The van der Waals surface area contributed by atoms with Gasteiger partial charge in [-0.15, -0.1) is 11.3 Å². The Bertz CT molecular complexity index is 279. The number of thiazole rings is 1. The van der Waals surface area contributed by atoms with Crippen LogP contribution in [0.15, 0.2) is 5.38 Å². The second-order valence-corrected chi connectivity index (χ2v) is 5.41. The lowest BCUT2D eigenvalue weighted by atomic mass is 9.86. The molecule has 14 heavy (non-hydrogen) atoms. The summed E-state index contributed by atoms with van der Waals surface area (Å²) in [7, 11) is 0. The second kappa shape index (κ2) is 4.89. The van der Waals surface area contributed by atoms with E-state index in [1.54, 1.807) is 11.3 Å². The molecule has 0 spiro atoms. The summed E-state index contributed by atoms with van der Waals surface area (Å²) < 4.78 is 0. The van der Waals surface area contributed by atoms with Crippen LogP contribution in [0.2, 0.25) is 0 Å². The van der Waals surface area contributed by atoms with Crippen LogP contribution in [0.1, 0.15) is 37.9 Å².